The highest BCUT2D eigenvalue weighted by Crippen LogP contribution is 2.28. The van der Waals surface area contributed by atoms with Crippen LogP contribution >= 0.6 is 11.6 Å². The molecule has 0 saturated heterocycles. The number of alkyl halides is 3. The highest BCUT2D eigenvalue weighted by Gasteiger charge is 2.31. The van der Waals surface area contributed by atoms with E-state index in [4.69, 9.17) is 11.6 Å². The molecule has 11 heteroatoms. The van der Waals surface area contributed by atoms with Gasteiger partial charge in [-0.25, -0.2) is 0 Å². The summed E-state index contributed by atoms with van der Waals surface area (Å²) in [5.41, 5.74) is -0.441. The number of anilines is 1. The summed E-state index contributed by atoms with van der Waals surface area (Å²) in [6.07, 6.45) is -3.46. The van der Waals surface area contributed by atoms with Crippen LogP contribution in [-0.2, 0) is 4.84 Å². The Morgan fingerprint density at radius 3 is 2.41 bits per heavy atom. The first kappa shape index (κ1) is 25.0. The third kappa shape index (κ3) is 6.88. The maximum absolute atomic E-state index is 12.9. The van der Waals surface area contributed by atoms with E-state index in [-0.39, 0.29) is 21.8 Å². The second kappa shape index (κ2) is 9.90. The molecule has 2 amide bonds. The number of halogens is 4. The Bertz CT molecular complexity index is 1040. The molecule has 0 aliphatic heterocycles. The Hall–Kier alpha value is -3.27. The van der Waals surface area contributed by atoms with Gasteiger partial charge in [0.1, 0.15) is 12.9 Å². The average Bonchev–Trinajstić information content (AvgIpc) is 2.66. The quantitative estimate of drug-likeness (QED) is 0.442. The Balaban J connectivity index is 2.29. The molecule has 2 aromatic rings. The lowest BCUT2D eigenvalue weighted by atomic mass is 10.0. The lowest BCUT2D eigenvalue weighted by Crippen LogP contribution is -2.45. The van der Waals surface area contributed by atoms with Gasteiger partial charge in [0, 0.05) is 5.69 Å². The maximum atomic E-state index is 12.9. The molecule has 7 nitrogen and oxygen atoms in total. The van der Waals surface area contributed by atoms with Crippen molar-refractivity contribution in [1.82, 2.24) is 5.32 Å². The van der Waals surface area contributed by atoms with Crippen LogP contribution in [0.25, 0.3) is 0 Å². The van der Waals surface area contributed by atoms with Gasteiger partial charge in [0.15, 0.2) is 0 Å². The van der Waals surface area contributed by atoms with E-state index >= 15 is 0 Å². The lowest BCUT2D eigenvalue weighted by Gasteiger charge is -2.22. The monoisotopic (exact) mass is 471 g/mol. The third-order valence-corrected chi connectivity index (χ3v) is 4.40. The van der Waals surface area contributed by atoms with Gasteiger partial charge in [0.2, 0.25) is 0 Å². The minimum atomic E-state index is -4.83. The van der Waals surface area contributed by atoms with Gasteiger partial charge in [0.25, 0.3) is 11.8 Å². The second-order valence-electron chi connectivity index (χ2n) is 7.23. The molecule has 0 saturated carbocycles. The Morgan fingerprint density at radius 2 is 1.81 bits per heavy atom. The smallest absolute Gasteiger partial charge is 0.406 e. The van der Waals surface area contributed by atoms with Gasteiger partial charge in [-0.3, -0.25) is 9.59 Å². The number of rotatable bonds is 7. The number of nitrogens with one attached hydrogen (secondary N) is 2. The van der Waals surface area contributed by atoms with Crippen molar-refractivity contribution in [3.63, 3.8) is 0 Å². The van der Waals surface area contributed by atoms with Gasteiger partial charge in [-0.1, -0.05) is 22.8 Å². The molecule has 2 rings (SSSR count). The molecule has 0 aliphatic carbocycles. The van der Waals surface area contributed by atoms with Gasteiger partial charge in [0.05, 0.1) is 27.9 Å². The van der Waals surface area contributed by atoms with Crippen molar-refractivity contribution in [3.05, 3.63) is 58.1 Å². The molecule has 0 bridgehead atoms. The molecule has 0 spiro atoms. The number of benzene rings is 2. The first-order valence-corrected chi connectivity index (χ1v) is 9.57. The zero-order valence-corrected chi connectivity index (χ0v) is 18.4. The van der Waals surface area contributed by atoms with E-state index in [2.05, 4.69) is 25.4 Å². The number of amides is 2. The molecule has 0 heterocycles. The van der Waals surface area contributed by atoms with E-state index in [1.807, 2.05) is 0 Å². The average molecular weight is 472 g/mol. The van der Waals surface area contributed by atoms with Gasteiger partial charge in [-0.2, -0.15) is 0 Å². The second-order valence-corrected chi connectivity index (χ2v) is 7.64. The van der Waals surface area contributed by atoms with Crippen LogP contribution < -0.4 is 15.4 Å². The summed E-state index contributed by atoms with van der Waals surface area (Å²) in [6, 6.07) is 7.83. The van der Waals surface area contributed by atoms with Crippen LogP contribution in [0.1, 0.15) is 40.1 Å². The molecule has 2 N–H and O–H groups in total. The predicted molar refractivity (Wildman–Crippen MR) is 114 cm³/mol. The van der Waals surface area contributed by atoms with E-state index in [1.54, 1.807) is 13.8 Å². The van der Waals surface area contributed by atoms with Crippen molar-refractivity contribution < 1.29 is 32.3 Å². The predicted octanol–water partition coefficient (Wildman–Crippen LogP) is 4.94. The number of hydrogen-bond donors (Lipinski definition) is 2. The molecular formula is C21H21ClF3N3O4. The standard InChI is InChI=1S/C21H21ClF3N3O4/c1-12-10-13(32-21(23,24)25)8-9-16(12)27-18(29)14-6-5-7-15(22)17(14)19(30)28-20(2,3)11-26-31-4/h5-11H,1-4H3,(H,27,29)(H,28,30). The number of carbonyl (C=O) groups is 2. The minimum Gasteiger partial charge on any atom is -0.406 e. The van der Waals surface area contributed by atoms with E-state index in [9.17, 15) is 22.8 Å². The number of ether oxygens (including phenoxy) is 1. The van der Waals surface area contributed by atoms with Crippen molar-refractivity contribution in [2.75, 3.05) is 12.4 Å². The summed E-state index contributed by atoms with van der Waals surface area (Å²) < 4.78 is 41.0. The largest absolute Gasteiger partial charge is 0.573 e. The lowest BCUT2D eigenvalue weighted by molar-refractivity contribution is -0.274. The van der Waals surface area contributed by atoms with Crippen molar-refractivity contribution >= 4 is 35.3 Å². The summed E-state index contributed by atoms with van der Waals surface area (Å²) in [6.45, 7) is 4.83. The maximum Gasteiger partial charge on any atom is 0.573 e. The highest BCUT2D eigenvalue weighted by atomic mass is 35.5. The third-order valence-electron chi connectivity index (χ3n) is 4.08. The Labute approximate surface area is 187 Å². The summed E-state index contributed by atoms with van der Waals surface area (Å²) in [4.78, 5) is 30.4. The summed E-state index contributed by atoms with van der Waals surface area (Å²) in [7, 11) is 1.36. The molecule has 0 fully saturated rings. The van der Waals surface area contributed by atoms with Crippen LogP contribution in [0.5, 0.6) is 5.75 Å². The fourth-order valence-corrected chi connectivity index (χ4v) is 2.94. The number of hydrogen-bond acceptors (Lipinski definition) is 5. The normalized spacial score (nSPS) is 11.9. The molecule has 0 aromatic heterocycles. The van der Waals surface area contributed by atoms with Gasteiger partial charge in [-0.15, -0.1) is 13.2 Å². The van der Waals surface area contributed by atoms with Crippen LogP contribution in [0.4, 0.5) is 18.9 Å². The number of oxime groups is 1. The van der Waals surface area contributed by atoms with Crippen LogP contribution in [0.3, 0.4) is 0 Å². The fraction of sp³-hybridized carbons (Fsp3) is 0.286. The van der Waals surface area contributed by atoms with Crippen molar-refractivity contribution in [2.45, 2.75) is 32.7 Å². The number of aryl methyl sites for hydroxylation is 1. The van der Waals surface area contributed by atoms with Crippen LogP contribution in [-0.4, -0.2) is 37.0 Å². The molecule has 0 aliphatic rings. The van der Waals surface area contributed by atoms with Crippen LogP contribution in [0, 0.1) is 6.92 Å². The van der Waals surface area contributed by atoms with E-state index in [0.29, 0.717) is 5.56 Å². The van der Waals surface area contributed by atoms with Crippen molar-refractivity contribution in [3.8, 4) is 5.75 Å². The first-order valence-electron chi connectivity index (χ1n) is 9.19. The SMILES string of the molecule is CON=CC(C)(C)NC(=O)c1c(Cl)cccc1C(=O)Nc1ccc(OC(F)(F)F)cc1C. The molecule has 172 valence electrons. The molecule has 32 heavy (non-hydrogen) atoms. The molecule has 0 unspecified atom stereocenters. The minimum absolute atomic E-state index is 0.0236. The van der Waals surface area contributed by atoms with E-state index in [0.717, 1.165) is 12.1 Å². The van der Waals surface area contributed by atoms with Crippen LogP contribution in [0.2, 0.25) is 5.02 Å². The van der Waals surface area contributed by atoms with Gasteiger partial charge in [-0.05, 0) is 56.7 Å². The zero-order valence-electron chi connectivity index (χ0n) is 17.6. The van der Waals surface area contributed by atoms with Gasteiger partial charge < -0.3 is 20.2 Å². The van der Waals surface area contributed by atoms with E-state index < -0.39 is 29.5 Å². The first-order chi connectivity index (χ1) is 14.8. The van der Waals surface area contributed by atoms with Crippen molar-refractivity contribution in [1.29, 1.82) is 0 Å². The Kier molecular flexibility index (Phi) is 7.73. The topological polar surface area (TPSA) is 89.0 Å². The highest BCUT2D eigenvalue weighted by molar-refractivity contribution is 6.35. The molecular weight excluding hydrogens is 451 g/mol. The summed E-state index contributed by atoms with van der Waals surface area (Å²) in [5.74, 6) is -1.72. The summed E-state index contributed by atoms with van der Waals surface area (Å²) >= 11 is 6.20. The van der Waals surface area contributed by atoms with E-state index in [1.165, 1.54) is 44.5 Å². The Morgan fingerprint density at radius 1 is 1.12 bits per heavy atom. The number of carbonyl (C=O) groups excluding carboxylic acids is 2. The molecule has 0 radical (unpaired) electrons. The van der Waals surface area contributed by atoms with Crippen molar-refractivity contribution in [2.24, 2.45) is 5.16 Å². The fourth-order valence-electron chi connectivity index (χ4n) is 2.68. The molecule has 0 atom stereocenters. The summed E-state index contributed by atoms with van der Waals surface area (Å²) in [5, 5.41) is 8.94. The number of nitrogens with zero attached hydrogens (tertiary/aromatic N) is 1. The zero-order chi connectivity index (χ0) is 24.1. The van der Waals surface area contributed by atoms with Crippen LogP contribution in [0.15, 0.2) is 41.6 Å². The molecule has 2 aromatic carbocycles. The van der Waals surface area contributed by atoms with Gasteiger partial charge >= 0.3 is 6.36 Å².